The van der Waals surface area contributed by atoms with Crippen LogP contribution in [0.5, 0.6) is 0 Å². The van der Waals surface area contributed by atoms with Gasteiger partial charge in [-0.25, -0.2) is 4.68 Å². The second-order valence-corrected chi connectivity index (χ2v) is 4.13. The summed E-state index contributed by atoms with van der Waals surface area (Å²) in [6.07, 6.45) is 3.32. The van der Waals surface area contributed by atoms with Crippen molar-refractivity contribution in [3.8, 4) is 0 Å². The summed E-state index contributed by atoms with van der Waals surface area (Å²) in [5.41, 5.74) is 0.836. The van der Waals surface area contributed by atoms with Gasteiger partial charge >= 0.3 is 0 Å². The van der Waals surface area contributed by atoms with Gasteiger partial charge in [-0.15, -0.1) is 5.10 Å². The van der Waals surface area contributed by atoms with Crippen LogP contribution < -0.4 is 10.6 Å². The molecule has 1 aromatic heterocycles. The van der Waals surface area contributed by atoms with E-state index in [2.05, 4.69) is 20.9 Å². The van der Waals surface area contributed by atoms with Crippen LogP contribution in [0.2, 0.25) is 0 Å². The van der Waals surface area contributed by atoms with Crippen molar-refractivity contribution in [1.29, 1.82) is 0 Å². The van der Waals surface area contributed by atoms with Crippen LogP contribution in [0, 0.1) is 0 Å². The van der Waals surface area contributed by atoms with E-state index >= 15 is 0 Å². The van der Waals surface area contributed by atoms with Gasteiger partial charge in [0.1, 0.15) is 0 Å². The quantitative estimate of drug-likeness (QED) is 0.570. The Hall–Kier alpha value is -1.47. The molecule has 17 heavy (non-hydrogen) atoms. The second-order valence-electron chi connectivity index (χ2n) is 4.13. The molecule has 0 aliphatic carbocycles. The lowest BCUT2D eigenvalue weighted by molar-refractivity contribution is -0.119. The number of aromatic nitrogens is 3. The number of aliphatic hydroxyl groups is 1. The van der Waals surface area contributed by atoms with Gasteiger partial charge < -0.3 is 15.7 Å². The van der Waals surface area contributed by atoms with Crippen molar-refractivity contribution in [2.45, 2.75) is 32.0 Å². The highest BCUT2D eigenvalue weighted by Crippen LogP contribution is 2.05. The van der Waals surface area contributed by atoms with Gasteiger partial charge in [-0.2, -0.15) is 0 Å². The Morgan fingerprint density at radius 1 is 1.65 bits per heavy atom. The fourth-order valence-corrected chi connectivity index (χ4v) is 1.84. The number of carbonyl (C=O) groups excluding carboxylic acids is 1. The number of nitrogens with zero attached hydrogens (tertiary/aromatic N) is 3. The molecule has 1 saturated heterocycles. The third kappa shape index (κ3) is 3.50. The summed E-state index contributed by atoms with van der Waals surface area (Å²) in [7, 11) is 0. The fraction of sp³-hybridized carbons (Fsp3) is 0.700. The number of hydrogen-bond acceptors (Lipinski definition) is 5. The van der Waals surface area contributed by atoms with E-state index in [1.54, 1.807) is 10.9 Å². The van der Waals surface area contributed by atoms with Crippen LogP contribution in [0.1, 0.15) is 18.5 Å². The summed E-state index contributed by atoms with van der Waals surface area (Å²) in [4.78, 5) is 11.0. The Morgan fingerprint density at radius 2 is 2.53 bits per heavy atom. The monoisotopic (exact) mass is 239 g/mol. The van der Waals surface area contributed by atoms with E-state index in [1.165, 1.54) is 0 Å². The van der Waals surface area contributed by atoms with E-state index in [-0.39, 0.29) is 18.6 Å². The van der Waals surface area contributed by atoms with Crippen molar-refractivity contribution in [1.82, 2.24) is 25.6 Å². The Bertz CT molecular complexity index is 379. The first-order valence-electron chi connectivity index (χ1n) is 5.78. The zero-order valence-electron chi connectivity index (χ0n) is 9.59. The summed E-state index contributed by atoms with van der Waals surface area (Å²) < 4.78 is 1.61. The lowest BCUT2D eigenvalue weighted by Gasteiger charge is -2.09. The minimum Gasteiger partial charge on any atom is -0.394 e. The summed E-state index contributed by atoms with van der Waals surface area (Å²) in [5, 5.41) is 22.7. The highest BCUT2D eigenvalue weighted by Gasteiger charge is 2.19. The van der Waals surface area contributed by atoms with Crippen LogP contribution in [0.15, 0.2) is 6.20 Å². The van der Waals surface area contributed by atoms with Crippen molar-refractivity contribution in [3.63, 3.8) is 0 Å². The van der Waals surface area contributed by atoms with E-state index < -0.39 is 0 Å². The summed E-state index contributed by atoms with van der Waals surface area (Å²) >= 11 is 0. The van der Waals surface area contributed by atoms with Crippen molar-refractivity contribution in [2.75, 3.05) is 13.2 Å². The number of nitrogens with one attached hydrogen (secondary N) is 2. The van der Waals surface area contributed by atoms with Crippen LogP contribution in [0.25, 0.3) is 0 Å². The van der Waals surface area contributed by atoms with Crippen LogP contribution in [-0.4, -0.2) is 45.2 Å². The standard InChI is InChI=1S/C10H17N5O2/c16-4-3-15-7-9(13-14-15)6-11-5-8-1-2-10(17)12-8/h7-8,11,16H,1-6H2,(H,12,17). The number of aliphatic hydroxyl groups excluding tert-OH is 1. The number of hydrogen-bond donors (Lipinski definition) is 3. The molecule has 1 atom stereocenters. The molecule has 2 heterocycles. The average Bonchev–Trinajstić information content (AvgIpc) is 2.89. The first-order valence-corrected chi connectivity index (χ1v) is 5.78. The molecule has 7 heteroatoms. The maximum Gasteiger partial charge on any atom is 0.220 e. The minimum atomic E-state index is 0.0599. The van der Waals surface area contributed by atoms with Gasteiger partial charge in [0.05, 0.1) is 18.8 Å². The molecule has 1 amide bonds. The van der Waals surface area contributed by atoms with E-state index in [4.69, 9.17) is 5.11 Å². The molecular weight excluding hydrogens is 222 g/mol. The molecular formula is C10H17N5O2. The number of rotatable bonds is 6. The van der Waals surface area contributed by atoms with Gasteiger partial charge in [0.15, 0.2) is 0 Å². The highest BCUT2D eigenvalue weighted by molar-refractivity contribution is 5.78. The van der Waals surface area contributed by atoms with Gasteiger partial charge in [0.2, 0.25) is 5.91 Å². The second kappa shape index (κ2) is 5.74. The van der Waals surface area contributed by atoms with Crippen molar-refractivity contribution >= 4 is 5.91 Å². The molecule has 2 rings (SSSR count). The third-order valence-corrected chi connectivity index (χ3v) is 2.70. The molecule has 3 N–H and O–H groups in total. The number of amides is 1. The smallest absolute Gasteiger partial charge is 0.220 e. The maximum absolute atomic E-state index is 11.0. The van der Waals surface area contributed by atoms with Crippen LogP contribution in [0.4, 0.5) is 0 Å². The topological polar surface area (TPSA) is 92.1 Å². The molecule has 1 aliphatic heterocycles. The molecule has 1 aliphatic rings. The van der Waals surface area contributed by atoms with E-state index in [9.17, 15) is 4.79 Å². The van der Waals surface area contributed by atoms with Gasteiger partial charge in [-0.3, -0.25) is 4.79 Å². The Labute approximate surface area is 99.2 Å². The van der Waals surface area contributed by atoms with Gasteiger partial charge in [-0.1, -0.05) is 5.21 Å². The molecule has 94 valence electrons. The predicted octanol–water partition coefficient (Wildman–Crippen LogP) is -1.36. The molecule has 7 nitrogen and oxygen atoms in total. The molecule has 0 radical (unpaired) electrons. The largest absolute Gasteiger partial charge is 0.394 e. The first kappa shape index (κ1) is 12.0. The van der Waals surface area contributed by atoms with Crippen molar-refractivity contribution < 1.29 is 9.90 Å². The lowest BCUT2D eigenvalue weighted by atomic mass is 10.2. The highest BCUT2D eigenvalue weighted by atomic mass is 16.3. The molecule has 1 fully saturated rings. The molecule has 1 unspecified atom stereocenters. The van der Waals surface area contributed by atoms with Gasteiger partial charge in [0.25, 0.3) is 0 Å². The average molecular weight is 239 g/mol. The SMILES string of the molecule is O=C1CCC(CNCc2cn(CCO)nn2)N1. The molecule has 0 aromatic carbocycles. The summed E-state index contributed by atoms with van der Waals surface area (Å²) in [6.45, 7) is 1.90. The minimum absolute atomic E-state index is 0.0599. The molecule has 0 bridgehead atoms. The Kier molecular flexibility index (Phi) is 4.05. The zero-order chi connectivity index (χ0) is 12.1. The van der Waals surface area contributed by atoms with E-state index in [0.717, 1.165) is 18.7 Å². The normalized spacial score (nSPS) is 19.6. The Morgan fingerprint density at radius 3 is 3.24 bits per heavy atom. The first-order chi connectivity index (χ1) is 8.28. The van der Waals surface area contributed by atoms with Crippen molar-refractivity contribution in [2.24, 2.45) is 0 Å². The Balaban J connectivity index is 1.68. The van der Waals surface area contributed by atoms with Crippen LogP contribution in [0.3, 0.4) is 0 Å². The lowest BCUT2D eigenvalue weighted by Crippen LogP contribution is -2.35. The van der Waals surface area contributed by atoms with Gasteiger partial charge in [-0.05, 0) is 6.42 Å². The number of carbonyl (C=O) groups is 1. The zero-order valence-corrected chi connectivity index (χ0v) is 9.59. The van der Waals surface area contributed by atoms with Crippen LogP contribution in [-0.2, 0) is 17.9 Å². The van der Waals surface area contributed by atoms with E-state index in [1.807, 2.05) is 0 Å². The molecule has 1 aromatic rings. The van der Waals surface area contributed by atoms with Crippen LogP contribution >= 0.6 is 0 Å². The third-order valence-electron chi connectivity index (χ3n) is 2.70. The maximum atomic E-state index is 11.0. The summed E-state index contributed by atoms with van der Waals surface area (Å²) in [5.74, 6) is 0.130. The molecule has 0 spiro atoms. The fourth-order valence-electron chi connectivity index (χ4n) is 1.84. The van der Waals surface area contributed by atoms with Crippen molar-refractivity contribution in [3.05, 3.63) is 11.9 Å². The van der Waals surface area contributed by atoms with Gasteiger partial charge in [0, 0.05) is 31.7 Å². The molecule has 0 saturated carbocycles. The predicted molar refractivity (Wildman–Crippen MR) is 60.0 cm³/mol. The van der Waals surface area contributed by atoms with E-state index in [0.29, 0.717) is 19.5 Å². The summed E-state index contributed by atoms with van der Waals surface area (Å²) in [6, 6.07) is 0.231.